The van der Waals surface area contributed by atoms with Crippen LogP contribution < -0.4 is 4.90 Å². The molecule has 1 atom stereocenters. The van der Waals surface area contributed by atoms with Gasteiger partial charge in [0, 0.05) is 38.4 Å². The number of rotatable bonds is 6. The third-order valence-electron chi connectivity index (χ3n) is 6.39. The molecule has 1 saturated carbocycles. The van der Waals surface area contributed by atoms with E-state index in [1.54, 1.807) is 0 Å². The van der Waals surface area contributed by atoms with Crippen LogP contribution in [0.2, 0.25) is 0 Å². The van der Waals surface area contributed by atoms with E-state index >= 15 is 0 Å². The number of hydrogen-bond donors (Lipinski definition) is 1. The van der Waals surface area contributed by atoms with Crippen LogP contribution in [0.5, 0.6) is 0 Å². The highest BCUT2D eigenvalue weighted by molar-refractivity contribution is 5.46. The third kappa shape index (κ3) is 6.20. The predicted molar refractivity (Wildman–Crippen MR) is 112 cm³/mol. The number of aliphatic hydroxyl groups is 1. The van der Waals surface area contributed by atoms with Crippen molar-refractivity contribution >= 4 is 5.69 Å². The van der Waals surface area contributed by atoms with Crippen LogP contribution in [0.15, 0.2) is 30.3 Å². The smallest absolute Gasteiger partial charge is 0.0900 e. The number of para-hydroxylation sites is 1. The third-order valence-corrected chi connectivity index (χ3v) is 6.39. The fourth-order valence-corrected chi connectivity index (χ4v) is 4.52. The van der Waals surface area contributed by atoms with E-state index in [-0.39, 0.29) is 6.10 Å². The van der Waals surface area contributed by atoms with Gasteiger partial charge >= 0.3 is 0 Å². The Morgan fingerprint density at radius 1 is 1.00 bits per heavy atom. The summed E-state index contributed by atoms with van der Waals surface area (Å²) in [6, 6.07) is 10.6. The monoisotopic (exact) mass is 374 g/mol. The van der Waals surface area contributed by atoms with Crippen molar-refractivity contribution in [2.45, 2.75) is 58.7 Å². The van der Waals surface area contributed by atoms with E-state index in [1.807, 2.05) is 0 Å². The van der Waals surface area contributed by atoms with Gasteiger partial charge in [-0.1, -0.05) is 39.0 Å². The van der Waals surface area contributed by atoms with Gasteiger partial charge in [0.05, 0.1) is 18.8 Å². The van der Waals surface area contributed by atoms with Gasteiger partial charge in [-0.25, -0.2) is 0 Å². The molecule has 0 radical (unpaired) electrons. The zero-order valence-electron chi connectivity index (χ0n) is 17.4. The van der Waals surface area contributed by atoms with E-state index in [2.05, 4.69) is 60.9 Å². The zero-order valence-corrected chi connectivity index (χ0v) is 17.4. The minimum Gasteiger partial charge on any atom is -0.389 e. The number of anilines is 1. The van der Waals surface area contributed by atoms with Crippen LogP contribution in [0.3, 0.4) is 0 Å². The summed E-state index contributed by atoms with van der Waals surface area (Å²) in [7, 11) is 0. The lowest BCUT2D eigenvalue weighted by Gasteiger charge is -2.38. The van der Waals surface area contributed by atoms with Crippen molar-refractivity contribution in [1.29, 1.82) is 0 Å². The maximum absolute atomic E-state index is 10.4. The van der Waals surface area contributed by atoms with E-state index in [4.69, 9.17) is 4.74 Å². The van der Waals surface area contributed by atoms with Gasteiger partial charge in [0.2, 0.25) is 0 Å². The molecule has 0 aromatic heterocycles. The second-order valence-corrected chi connectivity index (χ2v) is 9.45. The first-order chi connectivity index (χ1) is 12.9. The SMILES string of the molecule is CC(C)(C)C1CCC(OC[C@H](O)CN2CCN(c3ccccc3)CC2)CC1. The lowest BCUT2D eigenvalue weighted by molar-refractivity contribution is -0.0446. The first kappa shape index (κ1) is 20.6. The molecule has 1 N–H and O–H groups in total. The van der Waals surface area contributed by atoms with Crippen molar-refractivity contribution in [2.75, 3.05) is 44.2 Å². The summed E-state index contributed by atoms with van der Waals surface area (Å²) < 4.78 is 6.05. The van der Waals surface area contributed by atoms with Gasteiger partial charge in [0.25, 0.3) is 0 Å². The van der Waals surface area contributed by atoms with Crippen LogP contribution >= 0.6 is 0 Å². The molecule has 1 aromatic carbocycles. The lowest BCUT2D eigenvalue weighted by Crippen LogP contribution is -2.49. The van der Waals surface area contributed by atoms with Crippen LogP contribution in [0, 0.1) is 11.3 Å². The normalized spacial score (nSPS) is 26.1. The molecule has 2 fully saturated rings. The average molecular weight is 375 g/mol. The van der Waals surface area contributed by atoms with Gasteiger partial charge in [-0.15, -0.1) is 0 Å². The summed E-state index contributed by atoms with van der Waals surface area (Å²) in [6.45, 7) is 12.3. The van der Waals surface area contributed by atoms with E-state index in [0.29, 0.717) is 18.1 Å². The standard InChI is InChI=1S/C23H38N2O2/c1-23(2,3)19-9-11-22(12-10-19)27-18-21(26)17-24-13-15-25(16-14-24)20-7-5-4-6-8-20/h4-8,19,21-22,26H,9-18H2,1-3H3/t19?,21-,22?/m1/s1. The number of aliphatic hydroxyl groups excluding tert-OH is 1. The number of piperazine rings is 1. The van der Waals surface area contributed by atoms with Crippen LogP contribution in [0.4, 0.5) is 5.69 Å². The molecule has 4 nitrogen and oxygen atoms in total. The van der Waals surface area contributed by atoms with E-state index < -0.39 is 0 Å². The van der Waals surface area contributed by atoms with Gasteiger partial charge in [0.1, 0.15) is 0 Å². The average Bonchev–Trinajstić information content (AvgIpc) is 2.67. The number of ether oxygens (including phenoxy) is 1. The summed E-state index contributed by atoms with van der Waals surface area (Å²) in [5, 5.41) is 10.4. The summed E-state index contributed by atoms with van der Waals surface area (Å²) in [5.41, 5.74) is 1.71. The molecule has 3 rings (SSSR count). The Bertz CT molecular complexity index is 541. The predicted octanol–water partition coefficient (Wildman–Crippen LogP) is 3.79. The Morgan fingerprint density at radius 2 is 1.63 bits per heavy atom. The van der Waals surface area contributed by atoms with Crippen molar-refractivity contribution < 1.29 is 9.84 Å². The number of benzene rings is 1. The Hall–Kier alpha value is -1.10. The molecule has 152 valence electrons. The Labute approximate surface area is 165 Å². The fourth-order valence-electron chi connectivity index (χ4n) is 4.52. The molecule has 27 heavy (non-hydrogen) atoms. The summed E-state index contributed by atoms with van der Waals surface area (Å²) in [6.07, 6.45) is 4.76. The highest BCUT2D eigenvalue weighted by Crippen LogP contribution is 2.38. The molecule has 0 spiro atoms. The van der Waals surface area contributed by atoms with Crippen LogP contribution in [0.1, 0.15) is 46.5 Å². The molecule has 1 aliphatic carbocycles. The molecule has 0 amide bonds. The van der Waals surface area contributed by atoms with Gasteiger partial charge in [-0.3, -0.25) is 4.90 Å². The maximum Gasteiger partial charge on any atom is 0.0900 e. The van der Waals surface area contributed by atoms with E-state index in [9.17, 15) is 5.11 Å². The lowest BCUT2D eigenvalue weighted by atomic mass is 9.72. The van der Waals surface area contributed by atoms with Gasteiger partial charge in [0.15, 0.2) is 0 Å². The molecule has 1 saturated heterocycles. The minimum atomic E-state index is -0.381. The summed E-state index contributed by atoms with van der Waals surface area (Å²) in [4.78, 5) is 4.79. The molecule has 1 aliphatic heterocycles. The van der Waals surface area contributed by atoms with Crippen LogP contribution in [-0.2, 0) is 4.74 Å². The van der Waals surface area contributed by atoms with Gasteiger partial charge < -0.3 is 14.7 Å². The largest absolute Gasteiger partial charge is 0.389 e. The highest BCUT2D eigenvalue weighted by Gasteiger charge is 2.30. The molecule has 4 heteroatoms. The number of nitrogens with zero attached hydrogens (tertiary/aromatic N) is 2. The van der Waals surface area contributed by atoms with Crippen molar-refractivity contribution in [3.05, 3.63) is 30.3 Å². The fraction of sp³-hybridized carbons (Fsp3) is 0.739. The maximum atomic E-state index is 10.4. The first-order valence-electron chi connectivity index (χ1n) is 10.7. The Morgan fingerprint density at radius 3 is 2.22 bits per heavy atom. The summed E-state index contributed by atoms with van der Waals surface area (Å²) in [5.74, 6) is 0.809. The van der Waals surface area contributed by atoms with Crippen LogP contribution in [0.25, 0.3) is 0 Å². The molecule has 1 aromatic rings. The molecular formula is C23H38N2O2. The highest BCUT2D eigenvalue weighted by atomic mass is 16.5. The zero-order chi connectivity index (χ0) is 19.3. The van der Waals surface area contributed by atoms with E-state index in [1.165, 1.54) is 18.5 Å². The number of β-amino-alcohol motifs (C(OH)–C–C–N with tert-alkyl or cyclic N) is 1. The molecule has 0 bridgehead atoms. The minimum absolute atomic E-state index is 0.341. The van der Waals surface area contributed by atoms with Crippen LogP contribution in [-0.4, -0.2) is 61.5 Å². The first-order valence-corrected chi connectivity index (χ1v) is 10.7. The summed E-state index contributed by atoms with van der Waals surface area (Å²) >= 11 is 0. The molecule has 2 aliphatic rings. The van der Waals surface area contributed by atoms with Crippen molar-refractivity contribution in [1.82, 2.24) is 4.90 Å². The van der Waals surface area contributed by atoms with Crippen molar-refractivity contribution in [3.63, 3.8) is 0 Å². The Balaban J connectivity index is 1.32. The second kappa shape index (κ2) is 9.40. The van der Waals surface area contributed by atoms with Gasteiger partial charge in [-0.05, 0) is 49.1 Å². The van der Waals surface area contributed by atoms with E-state index in [0.717, 1.165) is 51.5 Å². The van der Waals surface area contributed by atoms with Gasteiger partial charge in [-0.2, -0.15) is 0 Å². The second-order valence-electron chi connectivity index (χ2n) is 9.45. The quantitative estimate of drug-likeness (QED) is 0.822. The van der Waals surface area contributed by atoms with Crippen molar-refractivity contribution in [3.8, 4) is 0 Å². The Kier molecular flexibility index (Phi) is 7.18. The van der Waals surface area contributed by atoms with Crippen molar-refractivity contribution in [2.24, 2.45) is 11.3 Å². The molecule has 1 heterocycles. The topological polar surface area (TPSA) is 35.9 Å². The molecular weight excluding hydrogens is 336 g/mol. The number of hydrogen-bond acceptors (Lipinski definition) is 4. The molecule has 0 unspecified atom stereocenters.